The van der Waals surface area contributed by atoms with Gasteiger partial charge >= 0.3 is 21.7 Å². The summed E-state index contributed by atoms with van der Waals surface area (Å²) in [4.78, 5) is 13.9. The Morgan fingerprint density at radius 3 is 2.33 bits per heavy atom. The lowest BCUT2D eigenvalue weighted by Gasteiger charge is -2.48. The molecule has 2 unspecified atom stereocenters. The second-order valence-corrected chi connectivity index (χ2v) is 9.84. The Kier molecular flexibility index (Phi) is 5.81. The molecule has 2 rings (SSSR count). The van der Waals surface area contributed by atoms with Crippen LogP contribution in [0.5, 0.6) is 0 Å². The Hall–Kier alpha value is -1.45. The van der Waals surface area contributed by atoms with Gasteiger partial charge in [0.1, 0.15) is 11.4 Å². The van der Waals surface area contributed by atoms with E-state index in [1.807, 2.05) is 6.92 Å². The number of amides is 1. The zero-order chi connectivity index (χ0) is 20.7. The molecule has 0 bridgehead atoms. The molecule has 1 aliphatic carbocycles. The van der Waals surface area contributed by atoms with Crippen molar-refractivity contribution in [2.24, 2.45) is 11.3 Å². The van der Waals surface area contributed by atoms with E-state index >= 15 is 0 Å². The molecule has 1 saturated heterocycles. The SMILES string of the molecule is CC1CN(C(=O)OC(C)(C)C)CCC12CC=C(OS(=O)(=O)C(F)(F)F)CC2. The second kappa shape index (κ2) is 7.18. The number of hydrogen-bond donors (Lipinski definition) is 0. The molecule has 2 atom stereocenters. The number of rotatable bonds is 2. The molecule has 1 fully saturated rings. The van der Waals surface area contributed by atoms with Crippen LogP contribution in [-0.4, -0.2) is 43.6 Å². The third kappa shape index (κ3) is 5.08. The van der Waals surface area contributed by atoms with Crippen molar-refractivity contribution in [3.8, 4) is 0 Å². The fraction of sp³-hybridized carbons (Fsp3) is 0.824. The van der Waals surface area contributed by atoms with Crippen LogP contribution in [0.15, 0.2) is 11.8 Å². The first-order valence-corrected chi connectivity index (χ1v) is 10.2. The number of nitrogens with zero attached hydrogens (tertiary/aromatic N) is 1. The van der Waals surface area contributed by atoms with Crippen LogP contribution in [0.2, 0.25) is 0 Å². The number of allylic oxidation sites excluding steroid dienone is 2. The van der Waals surface area contributed by atoms with E-state index in [0.29, 0.717) is 32.4 Å². The molecule has 0 saturated carbocycles. The van der Waals surface area contributed by atoms with Gasteiger partial charge in [0.2, 0.25) is 0 Å². The van der Waals surface area contributed by atoms with E-state index in [9.17, 15) is 26.4 Å². The van der Waals surface area contributed by atoms with Gasteiger partial charge in [-0.25, -0.2) is 4.79 Å². The summed E-state index contributed by atoms with van der Waals surface area (Å²) < 4.78 is 69.2. The number of ether oxygens (including phenoxy) is 1. The number of likely N-dealkylation sites (tertiary alicyclic amines) is 1. The summed E-state index contributed by atoms with van der Waals surface area (Å²) >= 11 is 0. The molecule has 156 valence electrons. The monoisotopic (exact) mass is 413 g/mol. The number of carbonyl (C=O) groups excluding carboxylic acids is 1. The fourth-order valence-electron chi connectivity index (χ4n) is 3.54. The second-order valence-electron chi connectivity index (χ2n) is 8.30. The van der Waals surface area contributed by atoms with Gasteiger partial charge in [0.15, 0.2) is 0 Å². The van der Waals surface area contributed by atoms with Crippen molar-refractivity contribution in [3.63, 3.8) is 0 Å². The van der Waals surface area contributed by atoms with Crippen molar-refractivity contribution in [1.82, 2.24) is 4.90 Å². The zero-order valence-electron chi connectivity index (χ0n) is 15.9. The van der Waals surface area contributed by atoms with Crippen LogP contribution >= 0.6 is 0 Å². The van der Waals surface area contributed by atoms with E-state index in [4.69, 9.17) is 4.74 Å². The molecule has 1 spiro atoms. The molecule has 0 radical (unpaired) electrons. The minimum absolute atomic E-state index is 0.0933. The predicted octanol–water partition coefficient (Wildman–Crippen LogP) is 4.18. The van der Waals surface area contributed by atoms with Crippen molar-refractivity contribution in [2.45, 2.75) is 64.5 Å². The molecule has 1 amide bonds. The highest BCUT2D eigenvalue weighted by atomic mass is 32.2. The maximum Gasteiger partial charge on any atom is 0.534 e. The molecule has 10 heteroatoms. The summed E-state index contributed by atoms with van der Waals surface area (Å²) in [5.41, 5.74) is -6.21. The van der Waals surface area contributed by atoms with Gasteiger partial charge in [-0.3, -0.25) is 0 Å². The maximum atomic E-state index is 12.4. The fourth-order valence-corrected chi connectivity index (χ4v) is 4.07. The summed E-state index contributed by atoms with van der Waals surface area (Å²) in [6, 6.07) is 0. The average molecular weight is 413 g/mol. The van der Waals surface area contributed by atoms with Crippen molar-refractivity contribution < 1.29 is 35.3 Å². The van der Waals surface area contributed by atoms with Gasteiger partial charge in [-0.1, -0.05) is 6.92 Å². The van der Waals surface area contributed by atoms with E-state index in [1.54, 1.807) is 25.7 Å². The highest BCUT2D eigenvalue weighted by Gasteiger charge is 2.50. The summed E-state index contributed by atoms with van der Waals surface area (Å²) in [5.74, 6) is -0.0736. The molecule has 2 aliphatic rings. The summed E-state index contributed by atoms with van der Waals surface area (Å²) in [6.07, 6.45) is 2.77. The van der Waals surface area contributed by atoms with E-state index < -0.39 is 21.2 Å². The van der Waals surface area contributed by atoms with Gasteiger partial charge in [0.25, 0.3) is 0 Å². The van der Waals surface area contributed by atoms with Crippen LogP contribution < -0.4 is 0 Å². The van der Waals surface area contributed by atoms with Crippen LogP contribution in [0.25, 0.3) is 0 Å². The lowest BCUT2D eigenvalue weighted by molar-refractivity contribution is -0.0528. The van der Waals surface area contributed by atoms with Gasteiger partial charge in [0.05, 0.1) is 0 Å². The molecular weight excluding hydrogens is 387 g/mol. The maximum absolute atomic E-state index is 12.4. The zero-order valence-corrected chi connectivity index (χ0v) is 16.7. The highest BCUT2D eigenvalue weighted by Crippen LogP contribution is 2.48. The molecular formula is C17H26F3NO5S. The standard InChI is InChI=1S/C17H26F3NO5S/c1-12-11-21(14(22)25-15(2,3)4)10-9-16(12)7-5-13(6-8-16)26-27(23,24)17(18,19)20/h5,12H,6-11H2,1-4H3. The number of alkyl halides is 3. The molecule has 1 aliphatic heterocycles. The molecule has 6 nitrogen and oxygen atoms in total. The largest absolute Gasteiger partial charge is 0.534 e. The third-order valence-corrected chi connectivity index (χ3v) is 6.18. The van der Waals surface area contributed by atoms with Crippen LogP contribution in [0.4, 0.5) is 18.0 Å². The number of carbonyl (C=O) groups is 1. The van der Waals surface area contributed by atoms with Gasteiger partial charge in [-0.05, 0) is 57.4 Å². The molecule has 27 heavy (non-hydrogen) atoms. The molecule has 0 aromatic heterocycles. The third-order valence-electron chi connectivity index (χ3n) is 5.18. The van der Waals surface area contributed by atoms with Gasteiger partial charge in [-0.2, -0.15) is 21.6 Å². The van der Waals surface area contributed by atoms with Gasteiger partial charge in [-0.15, -0.1) is 0 Å². The number of halogens is 3. The first kappa shape index (κ1) is 21.8. The van der Waals surface area contributed by atoms with Gasteiger partial charge < -0.3 is 13.8 Å². The van der Waals surface area contributed by atoms with E-state index in [0.717, 1.165) is 0 Å². The normalized spacial score (nSPS) is 27.3. The predicted molar refractivity (Wildman–Crippen MR) is 92.0 cm³/mol. The molecule has 0 aromatic rings. The Morgan fingerprint density at radius 1 is 1.26 bits per heavy atom. The quantitative estimate of drug-likeness (QED) is 0.502. The van der Waals surface area contributed by atoms with Crippen LogP contribution in [0.3, 0.4) is 0 Å². The Labute approximate surface area is 157 Å². The first-order valence-electron chi connectivity index (χ1n) is 8.83. The lowest BCUT2D eigenvalue weighted by Crippen LogP contribution is -2.50. The minimum Gasteiger partial charge on any atom is -0.444 e. The summed E-state index contributed by atoms with van der Waals surface area (Å²) in [6.45, 7) is 8.35. The Balaban J connectivity index is 2.00. The summed E-state index contributed by atoms with van der Waals surface area (Å²) in [7, 11) is -5.63. The topological polar surface area (TPSA) is 72.9 Å². The minimum atomic E-state index is -5.63. The van der Waals surface area contributed by atoms with Crippen LogP contribution in [0.1, 0.15) is 53.4 Å². The summed E-state index contributed by atoms with van der Waals surface area (Å²) in [5, 5.41) is 0. The first-order chi connectivity index (χ1) is 12.2. The number of hydrogen-bond acceptors (Lipinski definition) is 5. The van der Waals surface area contributed by atoms with Crippen molar-refractivity contribution in [2.75, 3.05) is 13.1 Å². The Morgan fingerprint density at radius 2 is 1.89 bits per heavy atom. The van der Waals surface area contributed by atoms with E-state index in [2.05, 4.69) is 4.18 Å². The lowest BCUT2D eigenvalue weighted by atomic mass is 9.64. The van der Waals surface area contributed by atoms with E-state index in [1.165, 1.54) is 6.08 Å². The highest BCUT2D eigenvalue weighted by molar-refractivity contribution is 7.87. The van der Waals surface area contributed by atoms with Crippen molar-refractivity contribution in [1.29, 1.82) is 0 Å². The molecule has 0 N–H and O–H groups in total. The molecule has 0 aromatic carbocycles. The Bertz CT molecular complexity index is 711. The number of piperidine rings is 1. The average Bonchev–Trinajstić information content (AvgIpc) is 2.49. The molecule has 1 heterocycles. The van der Waals surface area contributed by atoms with Crippen molar-refractivity contribution in [3.05, 3.63) is 11.8 Å². The van der Waals surface area contributed by atoms with Crippen molar-refractivity contribution >= 4 is 16.2 Å². The van der Waals surface area contributed by atoms with Crippen LogP contribution in [-0.2, 0) is 19.0 Å². The van der Waals surface area contributed by atoms with E-state index in [-0.39, 0.29) is 29.6 Å². The smallest absolute Gasteiger partial charge is 0.444 e. The van der Waals surface area contributed by atoms with Gasteiger partial charge in [0, 0.05) is 19.5 Å². The van der Waals surface area contributed by atoms with Crippen LogP contribution in [0, 0.1) is 11.3 Å².